The van der Waals surface area contributed by atoms with Gasteiger partial charge in [0, 0.05) is 0 Å². The Morgan fingerprint density at radius 1 is 0.857 bits per heavy atom. The topological polar surface area (TPSA) is 76.0 Å². The number of hydrogen-bond acceptors (Lipinski definition) is 5. The maximum atomic E-state index is 10.5. The first-order chi connectivity index (χ1) is 4.81. The Balaban J connectivity index is -0.0000000675. The van der Waals surface area contributed by atoms with Crippen molar-refractivity contribution in [2.45, 2.75) is 0 Å². The molecular weight excluding hydrogens is 251 g/mol. The predicted octanol–water partition coefficient (Wildman–Crippen LogP) is -3.20. The second-order valence-electron chi connectivity index (χ2n) is 1.39. The van der Waals surface area contributed by atoms with Gasteiger partial charge in [-0.1, -0.05) is 0 Å². The molecule has 0 bridgehead atoms. The van der Waals surface area contributed by atoms with Crippen LogP contribution in [0, 0.1) is 0 Å². The first kappa shape index (κ1) is 30.8. The summed E-state index contributed by atoms with van der Waals surface area (Å²) in [6, 6.07) is 0. The third kappa shape index (κ3) is 25.1. The van der Waals surface area contributed by atoms with Crippen LogP contribution in [0.5, 0.6) is 0 Å². The molecule has 10 heteroatoms. The normalized spacial score (nSPS) is 7.64. The monoisotopic (exact) mass is 266 g/mol. The van der Waals surface area contributed by atoms with Crippen LogP contribution in [-0.4, -0.2) is 155 Å². The van der Waals surface area contributed by atoms with Gasteiger partial charge in [-0.25, -0.2) is 0 Å². The molecule has 0 heterocycles. The van der Waals surface area contributed by atoms with Gasteiger partial charge in [-0.3, -0.25) is 4.57 Å². The Kier molecular flexibility index (Phi) is 56.8. The van der Waals surface area contributed by atoms with E-state index in [1.165, 1.54) is 0 Å². The summed E-state index contributed by atoms with van der Waals surface area (Å²) < 4.78 is 19.4. The van der Waals surface area contributed by atoms with Crippen molar-refractivity contribution in [3.63, 3.8) is 0 Å². The first-order valence-electron chi connectivity index (χ1n) is 2.82. The van der Waals surface area contributed by atoms with Gasteiger partial charge < -0.3 is 19.3 Å². The molecule has 0 amide bonds. The van der Waals surface area contributed by atoms with Gasteiger partial charge in [-0.2, -0.15) is 0 Å². The van der Waals surface area contributed by atoms with E-state index in [4.69, 9.17) is 10.2 Å². The van der Waals surface area contributed by atoms with Crippen molar-refractivity contribution in [2.75, 3.05) is 26.4 Å². The molecule has 0 fully saturated rings. The molecule has 0 saturated carbocycles. The molecule has 70 valence electrons. The third-order valence-electron chi connectivity index (χ3n) is 0.622. The van der Waals surface area contributed by atoms with Crippen LogP contribution in [0.1, 0.15) is 0 Å². The van der Waals surface area contributed by atoms with Gasteiger partial charge in [0.05, 0.1) is 26.4 Å². The van der Waals surface area contributed by atoms with Crippen molar-refractivity contribution in [3.05, 3.63) is 0 Å². The number of hydrogen-bond donors (Lipinski definition) is 2. The van der Waals surface area contributed by atoms with Crippen molar-refractivity contribution in [2.24, 2.45) is 0 Å². The molecule has 0 rings (SSSR count). The van der Waals surface area contributed by atoms with Gasteiger partial charge in [0.2, 0.25) is 0 Å². The molecule has 0 radical (unpaired) electrons. The maximum absolute atomic E-state index is 10.5. The Bertz CT molecular complexity index is 97.7. The Morgan fingerprint density at radius 2 is 1.14 bits per heavy atom. The fraction of sp³-hybridized carbons (Fsp3) is 1.00. The molecule has 14 heavy (non-hydrogen) atoms. The van der Waals surface area contributed by atoms with Crippen LogP contribution in [0.2, 0.25) is 0 Å². The van der Waals surface area contributed by atoms with E-state index in [-0.39, 0.29) is 145 Å². The second-order valence-corrected chi connectivity index (χ2v) is 2.47. The SMILES string of the molecule is O=[PH](OCCO)OCCO.[NaH].[NaH].[NaH].[NaH]. The van der Waals surface area contributed by atoms with Gasteiger partial charge in [-0.15, -0.1) is 0 Å². The molecule has 0 aliphatic heterocycles. The Labute approximate surface area is 173 Å². The van der Waals surface area contributed by atoms with E-state index < -0.39 is 8.25 Å². The first-order valence-corrected chi connectivity index (χ1v) is 4.05. The number of rotatable bonds is 6. The summed E-state index contributed by atoms with van der Waals surface area (Å²) in [7, 11) is -2.48. The molecule has 0 aromatic carbocycles. The second kappa shape index (κ2) is 25.8. The summed E-state index contributed by atoms with van der Waals surface area (Å²) in [5, 5.41) is 16.4. The van der Waals surface area contributed by atoms with E-state index in [9.17, 15) is 4.57 Å². The third-order valence-corrected chi connectivity index (χ3v) is 1.50. The molecule has 0 aromatic heterocycles. The van der Waals surface area contributed by atoms with Crippen molar-refractivity contribution < 1.29 is 23.8 Å². The number of aliphatic hydroxyl groups excluding tert-OH is 2. The summed E-state index contributed by atoms with van der Waals surface area (Å²) in [6.07, 6.45) is 0. The standard InChI is InChI=1S/C4H11O5P.4Na.4H/c5-1-3-8-10(7)9-4-2-6;;;;;;;;/h5-6,10H,1-4H2;;;;;;;;. The zero-order valence-corrected chi connectivity index (χ0v) is 6.45. The van der Waals surface area contributed by atoms with E-state index >= 15 is 0 Å². The zero-order valence-electron chi connectivity index (χ0n) is 5.45. The minimum atomic E-state index is -2.48. The average molecular weight is 266 g/mol. The van der Waals surface area contributed by atoms with Gasteiger partial charge in [0.25, 0.3) is 0 Å². The number of aliphatic hydroxyl groups is 2. The molecule has 0 aliphatic carbocycles. The summed E-state index contributed by atoms with van der Waals surface area (Å²) in [6.45, 7) is -0.357. The van der Waals surface area contributed by atoms with Crippen LogP contribution in [-0.2, 0) is 13.6 Å². The van der Waals surface area contributed by atoms with Gasteiger partial charge in [-0.05, 0) is 0 Å². The van der Waals surface area contributed by atoms with Crippen LogP contribution in [0.15, 0.2) is 0 Å². The molecule has 0 aromatic rings. The van der Waals surface area contributed by atoms with Crippen LogP contribution in [0.25, 0.3) is 0 Å². The van der Waals surface area contributed by atoms with Crippen molar-refractivity contribution in [3.8, 4) is 0 Å². The average Bonchev–Trinajstić information content (AvgIpc) is 1.97. The minimum absolute atomic E-state index is 0. The van der Waals surface area contributed by atoms with Crippen molar-refractivity contribution in [1.82, 2.24) is 0 Å². The quantitative estimate of drug-likeness (QED) is 0.391. The van der Waals surface area contributed by atoms with Crippen LogP contribution in [0.4, 0.5) is 0 Å². The summed E-state index contributed by atoms with van der Waals surface area (Å²) >= 11 is 0. The molecule has 0 saturated heterocycles. The van der Waals surface area contributed by atoms with Crippen LogP contribution >= 0.6 is 8.25 Å². The van der Waals surface area contributed by atoms with E-state index in [1.807, 2.05) is 0 Å². The predicted molar refractivity (Wildman–Crippen MR) is 63.7 cm³/mol. The summed E-state index contributed by atoms with van der Waals surface area (Å²) in [4.78, 5) is 0. The van der Waals surface area contributed by atoms with E-state index in [1.54, 1.807) is 0 Å². The van der Waals surface area contributed by atoms with E-state index in [0.717, 1.165) is 0 Å². The summed E-state index contributed by atoms with van der Waals surface area (Å²) in [5.74, 6) is 0. The van der Waals surface area contributed by atoms with Crippen molar-refractivity contribution in [1.29, 1.82) is 0 Å². The zero-order chi connectivity index (χ0) is 7.82. The van der Waals surface area contributed by atoms with Gasteiger partial charge >= 0.3 is 126 Å². The van der Waals surface area contributed by atoms with Gasteiger partial charge in [0.1, 0.15) is 0 Å². The van der Waals surface area contributed by atoms with E-state index in [0.29, 0.717) is 0 Å². The van der Waals surface area contributed by atoms with E-state index in [2.05, 4.69) is 9.05 Å². The van der Waals surface area contributed by atoms with Gasteiger partial charge in [0.15, 0.2) is 0 Å². The fourth-order valence-electron chi connectivity index (χ4n) is 0.300. The summed E-state index contributed by atoms with van der Waals surface area (Å²) in [5.41, 5.74) is 0. The van der Waals surface area contributed by atoms with Crippen molar-refractivity contribution >= 4 is 126 Å². The molecule has 0 unspecified atom stereocenters. The molecule has 2 N–H and O–H groups in total. The molecule has 0 spiro atoms. The van der Waals surface area contributed by atoms with Crippen LogP contribution in [0.3, 0.4) is 0 Å². The van der Waals surface area contributed by atoms with Crippen LogP contribution < -0.4 is 0 Å². The molecular formula is C4H15Na4O5P. The Hall–Kier alpha value is 4.07. The Morgan fingerprint density at radius 3 is 1.36 bits per heavy atom. The fourth-order valence-corrected chi connectivity index (χ4v) is 0.899. The molecule has 0 atom stereocenters. The molecule has 5 nitrogen and oxygen atoms in total. The molecule has 0 aliphatic rings.